The van der Waals surface area contributed by atoms with Crippen molar-refractivity contribution in [3.63, 3.8) is 0 Å². The molecule has 0 fully saturated rings. The van der Waals surface area contributed by atoms with Crippen LogP contribution in [0.5, 0.6) is 5.75 Å². The van der Waals surface area contributed by atoms with E-state index in [1.165, 1.54) is 17.7 Å². The number of fused-ring (bicyclic) bond motifs is 1. The van der Waals surface area contributed by atoms with E-state index in [0.717, 1.165) is 34.2 Å². The molecule has 7 heteroatoms. The molecule has 4 rings (SSSR count). The number of aromatic nitrogens is 2. The van der Waals surface area contributed by atoms with Crippen molar-refractivity contribution in [1.29, 1.82) is 0 Å². The van der Waals surface area contributed by atoms with Gasteiger partial charge in [-0.2, -0.15) is 5.10 Å². The third kappa shape index (κ3) is 3.55. The predicted molar refractivity (Wildman–Crippen MR) is 112 cm³/mol. The summed E-state index contributed by atoms with van der Waals surface area (Å²) < 4.78 is 21.0. The average Bonchev–Trinajstić information content (AvgIpc) is 3.30. The highest BCUT2D eigenvalue weighted by atomic mass is 79.9. The van der Waals surface area contributed by atoms with Crippen molar-refractivity contribution in [2.24, 2.45) is 7.05 Å². The van der Waals surface area contributed by atoms with E-state index in [0.29, 0.717) is 11.4 Å². The number of nitrogens with zero attached hydrogens (tertiary/aromatic N) is 3. The molecule has 0 saturated heterocycles. The van der Waals surface area contributed by atoms with Crippen LogP contribution in [0.4, 0.5) is 4.39 Å². The van der Waals surface area contributed by atoms with Gasteiger partial charge in [-0.15, -0.1) is 0 Å². The van der Waals surface area contributed by atoms with Crippen molar-refractivity contribution in [2.45, 2.75) is 18.9 Å². The summed E-state index contributed by atoms with van der Waals surface area (Å²) in [4.78, 5) is 15.0. The Morgan fingerprint density at radius 2 is 2.00 bits per heavy atom. The summed E-state index contributed by atoms with van der Waals surface area (Å²) in [7, 11) is 5.22. The Morgan fingerprint density at radius 3 is 2.69 bits per heavy atom. The summed E-state index contributed by atoms with van der Waals surface area (Å²) in [5.74, 6) is 0.399. The van der Waals surface area contributed by atoms with Crippen LogP contribution in [0.3, 0.4) is 0 Å². The third-order valence-electron chi connectivity index (χ3n) is 5.49. The number of carbonyl (C=O) groups excluding carboxylic acids is 1. The standard InChI is InChI=1S/C22H21BrFN3O2/c1-26(19-9-6-14-10-21(29-3)17(23)11-16(14)19)22(28)20-12-18(25-27(20)2)13-4-7-15(24)8-5-13/h4-5,7-8,10-12,19H,6,9H2,1-3H3. The summed E-state index contributed by atoms with van der Waals surface area (Å²) in [6.45, 7) is 0. The predicted octanol–water partition coefficient (Wildman–Crippen LogP) is 4.76. The van der Waals surface area contributed by atoms with Gasteiger partial charge in [0.25, 0.3) is 5.91 Å². The molecule has 0 aliphatic heterocycles. The van der Waals surface area contributed by atoms with Crippen molar-refractivity contribution in [1.82, 2.24) is 14.7 Å². The van der Waals surface area contributed by atoms with E-state index in [2.05, 4.69) is 21.0 Å². The molecule has 0 saturated carbocycles. The number of hydrogen-bond donors (Lipinski definition) is 0. The maximum Gasteiger partial charge on any atom is 0.272 e. The first-order chi connectivity index (χ1) is 13.9. The van der Waals surface area contributed by atoms with E-state index >= 15 is 0 Å². The van der Waals surface area contributed by atoms with Crippen molar-refractivity contribution in [2.75, 3.05) is 14.2 Å². The zero-order chi connectivity index (χ0) is 20.7. The van der Waals surface area contributed by atoms with Crippen molar-refractivity contribution < 1.29 is 13.9 Å². The van der Waals surface area contributed by atoms with Crippen LogP contribution < -0.4 is 4.74 Å². The highest BCUT2D eigenvalue weighted by molar-refractivity contribution is 9.10. The quantitative estimate of drug-likeness (QED) is 0.567. The summed E-state index contributed by atoms with van der Waals surface area (Å²) in [6.07, 6.45) is 1.76. The summed E-state index contributed by atoms with van der Waals surface area (Å²) >= 11 is 3.55. The number of amides is 1. The molecule has 1 atom stereocenters. The molecule has 3 aromatic rings. The number of hydrogen-bond acceptors (Lipinski definition) is 3. The zero-order valence-corrected chi connectivity index (χ0v) is 18.0. The van der Waals surface area contributed by atoms with Gasteiger partial charge in [-0.05, 0) is 82.4 Å². The fourth-order valence-corrected chi connectivity index (χ4v) is 4.42. The Labute approximate surface area is 177 Å². The molecule has 1 heterocycles. The molecule has 1 unspecified atom stereocenters. The van der Waals surface area contributed by atoms with E-state index < -0.39 is 0 Å². The van der Waals surface area contributed by atoms with Crippen LogP contribution in [0.15, 0.2) is 46.9 Å². The molecule has 150 valence electrons. The molecule has 1 aliphatic carbocycles. The Balaban J connectivity index is 1.62. The largest absolute Gasteiger partial charge is 0.496 e. The topological polar surface area (TPSA) is 47.4 Å². The van der Waals surface area contributed by atoms with Crippen LogP contribution in [-0.4, -0.2) is 34.7 Å². The highest BCUT2D eigenvalue weighted by Crippen LogP contribution is 2.40. The second-order valence-electron chi connectivity index (χ2n) is 7.20. The van der Waals surface area contributed by atoms with Gasteiger partial charge in [0.2, 0.25) is 0 Å². The second kappa shape index (κ2) is 7.63. The van der Waals surface area contributed by atoms with Crippen molar-refractivity contribution >= 4 is 21.8 Å². The molecule has 29 heavy (non-hydrogen) atoms. The Hall–Kier alpha value is -2.67. The first-order valence-corrected chi connectivity index (χ1v) is 10.1. The number of rotatable bonds is 4. The number of benzene rings is 2. The van der Waals surface area contributed by atoms with E-state index in [1.807, 2.05) is 19.2 Å². The van der Waals surface area contributed by atoms with E-state index in [4.69, 9.17) is 4.74 Å². The van der Waals surface area contributed by atoms with Crippen LogP contribution in [0, 0.1) is 5.82 Å². The Morgan fingerprint density at radius 1 is 1.28 bits per heavy atom. The number of halogens is 2. The van der Waals surface area contributed by atoms with Crippen LogP contribution in [0.1, 0.15) is 34.1 Å². The molecule has 1 aromatic heterocycles. The van der Waals surface area contributed by atoms with Crippen LogP contribution in [-0.2, 0) is 13.5 Å². The van der Waals surface area contributed by atoms with Gasteiger partial charge in [-0.3, -0.25) is 9.48 Å². The lowest BCUT2D eigenvalue weighted by Crippen LogP contribution is -2.31. The summed E-state index contributed by atoms with van der Waals surface area (Å²) in [6, 6.07) is 11.9. The lowest BCUT2D eigenvalue weighted by Gasteiger charge is -2.25. The zero-order valence-electron chi connectivity index (χ0n) is 16.4. The molecule has 5 nitrogen and oxygen atoms in total. The molecule has 0 N–H and O–H groups in total. The number of methoxy groups -OCH3 is 1. The van der Waals surface area contributed by atoms with Crippen molar-refractivity contribution in [3.05, 3.63) is 69.6 Å². The summed E-state index contributed by atoms with van der Waals surface area (Å²) in [5.41, 5.74) is 4.24. The average molecular weight is 458 g/mol. The minimum absolute atomic E-state index is 0.0103. The number of ether oxygens (including phenoxy) is 1. The van der Waals surface area contributed by atoms with Gasteiger partial charge in [0.15, 0.2) is 0 Å². The van der Waals surface area contributed by atoms with E-state index in [9.17, 15) is 9.18 Å². The number of aryl methyl sites for hydroxylation is 2. The molecule has 1 aliphatic rings. The molecule has 0 radical (unpaired) electrons. The summed E-state index contributed by atoms with van der Waals surface area (Å²) in [5, 5.41) is 4.44. The normalized spacial score (nSPS) is 15.3. The lowest BCUT2D eigenvalue weighted by atomic mass is 10.1. The maximum absolute atomic E-state index is 13.2. The smallest absolute Gasteiger partial charge is 0.272 e. The van der Waals surface area contributed by atoms with Gasteiger partial charge in [0, 0.05) is 19.7 Å². The minimum atomic E-state index is -0.302. The van der Waals surface area contributed by atoms with Crippen molar-refractivity contribution in [3.8, 4) is 17.0 Å². The fourth-order valence-electron chi connectivity index (χ4n) is 3.90. The molecular weight excluding hydrogens is 437 g/mol. The van der Waals surface area contributed by atoms with Gasteiger partial charge >= 0.3 is 0 Å². The minimum Gasteiger partial charge on any atom is -0.496 e. The number of carbonyl (C=O) groups is 1. The van der Waals surface area contributed by atoms with Gasteiger partial charge < -0.3 is 9.64 Å². The second-order valence-corrected chi connectivity index (χ2v) is 8.06. The van der Waals surface area contributed by atoms with Gasteiger partial charge in [0.05, 0.1) is 23.3 Å². The van der Waals surface area contributed by atoms with E-state index in [-0.39, 0.29) is 17.8 Å². The van der Waals surface area contributed by atoms with Crippen LogP contribution in [0.2, 0.25) is 0 Å². The van der Waals surface area contributed by atoms with Gasteiger partial charge in [-0.25, -0.2) is 4.39 Å². The molecule has 2 aromatic carbocycles. The maximum atomic E-state index is 13.2. The monoisotopic (exact) mass is 457 g/mol. The van der Waals surface area contributed by atoms with E-state index in [1.54, 1.807) is 41.9 Å². The highest BCUT2D eigenvalue weighted by Gasteiger charge is 2.31. The van der Waals surface area contributed by atoms with Gasteiger partial charge in [0.1, 0.15) is 17.3 Å². The first-order valence-electron chi connectivity index (χ1n) is 9.32. The fraction of sp³-hybridized carbons (Fsp3) is 0.273. The Bertz CT molecular complexity index is 1080. The first kappa shape index (κ1) is 19.6. The third-order valence-corrected chi connectivity index (χ3v) is 6.11. The molecular formula is C22H21BrFN3O2. The molecule has 1 amide bonds. The van der Waals surface area contributed by atoms with Crippen LogP contribution in [0.25, 0.3) is 11.3 Å². The van der Waals surface area contributed by atoms with Crippen LogP contribution >= 0.6 is 15.9 Å². The Kier molecular flexibility index (Phi) is 5.17. The molecule has 0 bridgehead atoms. The SMILES string of the molecule is COc1cc2c(cc1Br)C(N(C)C(=O)c1cc(-c3ccc(F)cc3)nn1C)CC2. The lowest BCUT2D eigenvalue weighted by molar-refractivity contribution is 0.0719. The van der Waals surface area contributed by atoms with Gasteiger partial charge in [-0.1, -0.05) is 0 Å². The molecule has 0 spiro atoms.